The third kappa shape index (κ3) is 4.76. The summed E-state index contributed by atoms with van der Waals surface area (Å²) in [5, 5.41) is 9.48. The third-order valence-electron chi connectivity index (χ3n) is 3.06. The topological polar surface area (TPSA) is 68.3 Å². The van der Waals surface area contributed by atoms with Gasteiger partial charge in [-0.15, -0.1) is 0 Å². The molecule has 2 unspecified atom stereocenters. The summed E-state index contributed by atoms with van der Waals surface area (Å²) in [6.45, 7) is 8.71. The first-order valence-electron chi connectivity index (χ1n) is 6.16. The number of ether oxygens (including phenoxy) is 3. The molecule has 0 saturated carbocycles. The third-order valence-corrected chi connectivity index (χ3v) is 3.06. The Balaban J connectivity index is 2.38. The van der Waals surface area contributed by atoms with E-state index < -0.39 is 11.4 Å². The fraction of sp³-hybridized carbons (Fsp3) is 0.769. The first kappa shape index (κ1) is 15.1. The average molecular weight is 258 g/mol. The van der Waals surface area contributed by atoms with E-state index in [1.807, 2.05) is 6.92 Å². The van der Waals surface area contributed by atoms with Crippen molar-refractivity contribution in [2.45, 2.75) is 26.4 Å². The van der Waals surface area contributed by atoms with E-state index in [1.165, 1.54) is 0 Å². The van der Waals surface area contributed by atoms with Gasteiger partial charge >= 0.3 is 5.97 Å². The molecular formula is C13H22O5. The maximum absolute atomic E-state index is 11.3. The lowest BCUT2D eigenvalue weighted by Gasteiger charge is -2.29. The molecule has 1 heterocycles. The van der Waals surface area contributed by atoms with E-state index in [2.05, 4.69) is 6.58 Å². The van der Waals surface area contributed by atoms with Crippen LogP contribution in [0.4, 0.5) is 0 Å². The van der Waals surface area contributed by atoms with Crippen LogP contribution < -0.4 is 0 Å². The standard InChI is InChI=1S/C13H22O5/c1-4-13(7-14,8-16-5-11-6-17-11)9-18-12(15)10(2)3/h11,14H,2,4-9H2,1,3H3. The van der Waals surface area contributed by atoms with Crippen LogP contribution >= 0.6 is 0 Å². The minimum absolute atomic E-state index is 0.0848. The van der Waals surface area contributed by atoms with E-state index in [0.29, 0.717) is 25.2 Å². The lowest BCUT2D eigenvalue weighted by molar-refractivity contribution is -0.146. The summed E-state index contributed by atoms with van der Waals surface area (Å²) in [4.78, 5) is 11.3. The zero-order valence-corrected chi connectivity index (χ0v) is 11.1. The zero-order valence-electron chi connectivity index (χ0n) is 11.1. The molecule has 5 heteroatoms. The van der Waals surface area contributed by atoms with Crippen LogP contribution in [0.1, 0.15) is 20.3 Å². The van der Waals surface area contributed by atoms with Crippen LogP contribution in [-0.2, 0) is 19.0 Å². The maximum Gasteiger partial charge on any atom is 0.333 e. The summed E-state index contributed by atoms with van der Waals surface area (Å²) in [5.41, 5.74) is -0.190. The molecule has 5 nitrogen and oxygen atoms in total. The van der Waals surface area contributed by atoms with Crippen molar-refractivity contribution in [3.63, 3.8) is 0 Å². The van der Waals surface area contributed by atoms with Gasteiger partial charge in [-0.3, -0.25) is 0 Å². The van der Waals surface area contributed by atoms with Gasteiger partial charge in [0.25, 0.3) is 0 Å². The summed E-state index contributed by atoms with van der Waals surface area (Å²) in [6.07, 6.45) is 0.856. The monoisotopic (exact) mass is 258 g/mol. The number of aliphatic hydroxyl groups is 1. The zero-order chi connectivity index (χ0) is 13.6. The number of aliphatic hydroxyl groups excluding tert-OH is 1. The Bertz CT molecular complexity index is 292. The molecule has 0 aromatic carbocycles. The maximum atomic E-state index is 11.3. The van der Waals surface area contributed by atoms with Gasteiger partial charge in [-0.25, -0.2) is 4.79 Å². The predicted octanol–water partition coefficient (Wildman–Crippen LogP) is 0.910. The minimum atomic E-state index is -0.542. The molecule has 1 rings (SSSR count). The van der Waals surface area contributed by atoms with Gasteiger partial charge in [-0.2, -0.15) is 0 Å². The summed E-state index contributed by atoms with van der Waals surface area (Å²) in [5.74, 6) is -0.438. The first-order chi connectivity index (χ1) is 8.53. The van der Waals surface area contributed by atoms with Crippen molar-refractivity contribution >= 4 is 5.97 Å². The molecule has 0 radical (unpaired) electrons. The van der Waals surface area contributed by atoms with Gasteiger partial charge in [0.15, 0.2) is 0 Å². The predicted molar refractivity (Wildman–Crippen MR) is 66.1 cm³/mol. The van der Waals surface area contributed by atoms with Crippen LogP contribution in [0.15, 0.2) is 12.2 Å². The second kappa shape index (κ2) is 6.87. The molecule has 18 heavy (non-hydrogen) atoms. The molecule has 0 aliphatic carbocycles. The summed E-state index contributed by atoms with van der Waals surface area (Å²) < 4.78 is 15.6. The fourth-order valence-electron chi connectivity index (χ4n) is 1.36. The van der Waals surface area contributed by atoms with Crippen molar-refractivity contribution in [2.24, 2.45) is 5.41 Å². The number of hydrogen-bond donors (Lipinski definition) is 1. The highest BCUT2D eigenvalue weighted by Crippen LogP contribution is 2.23. The van der Waals surface area contributed by atoms with Gasteiger partial charge in [0.1, 0.15) is 12.7 Å². The van der Waals surface area contributed by atoms with Crippen molar-refractivity contribution < 1.29 is 24.1 Å². The molecular weight excluding hydrogens is 236 g/mol. The quantitative estimate of drug-likeness (QED) is 0.378. The summed E-state index contributed by atoms with van der Waals surface area (Å²) >= 11 is 0. The summed E-state index contributed by atoms with van der Waals surface area (Å²) in [7, 11) is 0. The van der Waals surface area contributed by atoms with Gasteiger partial charge in [0, 0.05) is 5.57 Å². The Labute approximate surface area is 108 Å². The van der Waals surface area contributed by atoms with Gasteiger partial charge < -0.3 is 19.3 Å². The molecule has 1 fully saturated rings. The second-order valence-corrected chi connectivity index (χ2v) is 4.84. The molecule has 104 valence electrons. The van der Waals surface area contributed by atoms with Gasteiger partial charge in [-0.05, 0) is 13.3 Å². The average Bonchev–Trinajstić information content (AvgIpc) is 3.17. The number of hydrogen-bond acceptors (Lipinski definition) is 5. The SMILES string of the molecule is C=C(C)C(=O)OCC(CC)(CO)COCC1CO1. The minimum Gasteiger partial charge on any atom is -0.462 e. The van der Waals surface area contributed by atoms with Crippen molar-refractivity contribution in [3.05, 3.63) is 12.2 Å². The molecule has 0 amide bonds. The Morgan fingerprint density at radius 3 is 2.67 bits per heavy atom. The van der Waals surface area contributed by atoms with Crippen molar-refractivity contribution in [1.82, 2.24) is 0 Å². The van der Waals surface area contributed by atoms with E-state index >= 15 is 0 Å². The number of rotatable bonds is 9. The summed E-state index contributed by atoms with van der Waals surface area (Å²) in [6, 6.07) is 0. The van der Waals surface area contributed by atoms with Crippen LogP contribution in [0, 0.1) is 5.41 Å². The van der Waals surface area contributed by atoms with Crippen LogP contribution in [0.2, 0.25) is 0 Å². The lowest BCUT2D eigenvalue weighted by Crippen LogP contribution is -2.37. The number of epoxide rings is 1. The van der Waals surface area contributed by atoms with Crippen molar-refractivity contribution in [3.8, 4) is 0 Å². The molecule has 0 aromatic heterocycles. The van der Waals surface area contributed by atoms with E-state index in [9.17, 15) is 9.90 Å². The largest absolute Gasteiger partial charge is 0.462 e. The smallest absolute Gasteiger partial charge is 0.333 e. The molecule has 2 atom stereocenters. The number of carbonyl (C=O) groups is 1. The van der Waals surface area contributed by atoms with E-state index in [4.69, 9.17) is 14.2 Å². The Hall–Kier alpha value is -0.910. The van der Waals surface area contributed by atoms with Crippen LogP contribution in [0.25, 0.3) is 0 Å². The Morgan fingerprint density at radius 2 is 2.22 bits per heavy atom. The van der Waals surface area contributed by atoms with Crippen LogP contribution in [-0.4, -0.2) is 50.2 Å². The fourth-order valence-corrected chi connectivity index (χ4v) is 1.36. The van der Waals surface area contributed by atoms with Gasteiger partial charge in [0.05, 0.1) is 31.8 Å². The van der Waals surface area contributed by atoms with Crippen molar-refractivity contribution in [2.75, 3.05) is 33.0 Å². The molecule has 1 N–H and O–H groups in total. The Kier molecular flexibility index (Phi) is 5.78. The van der Waals surface area contributed by atoms with Crippen molar-refractivity contribution in [1.29, 1.82) is 0 Å². The molecule has 0 bridgehead atoms. The first-order valence-corrected chi connectivity index (χ1v) is 6.16. The lowest BCUT2D eigenvalue weighted by atomic mass is 9.88. The molecule has 0 spiro atoms. The molecule has 1 aliphatic rings. The number of esters is 1. The van der Waals surface area contributed by atoms with E-state index in [1.54, 1.807) is 6.92 Å². The highest BCUT2D eigenvalue weighted by Gasteiger charge is 2.31. The van der Waals surface area contributed by atoms with Crippen LogP contribution in [0.5, 0.6) is 0 Å². The van der Waals surface area contributed by atoms with E-state index in [0.717, 1.165) is 6.61 Å². The second-order valence-electron chi connectivity index (χ2n) is 4.84. The highest BCUT2D eigenvalue weighted by atomic mass is 16.6. The number of carbonyl (C=O) groups excluding carboxylic acids is 1. The van der Waals surface area contributed by atoms with Crippen LogP contribution in [0.3, 0.4) is 0 Å². The molecule has 1 saturated heterocycles. The molecule has 1 aliphatic heterocycles. The normalized spacial score (nSPS) is 21.2. The molecule has 0 aromatic rings. The highest BCUT2D eigenvalue weighted by molar-refractivity contribution is 5.86. The Morgan fingerprint density at radius 1 is 1.56 bits per heavy atom. The van der Waals surface area contributed by atoms with E-state index in [-0.39, 0.29) is 19.3 Å². The van der Waals surface area contributed by atoms with Gasteiger partial charge in [0.2, 0.25) is 0 Å². The van der Waals surface area contributed by atoms with Gasteiger partial charge in [-0.1, -0.05) is 13.5 Å².